The molecule has 1 rings (SSSR count). The molecule has 0 aliphatic heterocycles. The first-order valence-corrected chi connectivity index (χ1v) is 6.90. The highest BCUT2D eigenvalue weighted by Crippen LogP contribution is 2.02. The van der Waals surface area contributed by atoms with Gasteiger partial charge in [-0.3, -0.25) is 20.4 Å². The molecule has 0 saturated heterocycles. The van der Waals surface area contributed by atoms with Crippen molar-refractivity contribution in [3.63, 3.8) is 0 Å². The molecule has 0 aliphatic carbocycles. The third-order valence-corrected chi connectivity index (χ3v) is 2.82. The van der Waals surface area contributed by atoms with Gasteiger partial charge in [0.2, 0.25) is 5.91 Å². The van der Waals surface area contributed by atoms with E-state index >= 15 is 0 Å². The Morgan fingerprint density at radius 3 is 2.40 bits per heavy atom. The zero-order valence-corrected chi connectivity index (χ0v) is 12.5. The van der Waals surface area contributed by atoms with Gasteiger partial charge < -0.3 is 5.32 Å². The first kappa shape index (κ1) is 16.1. The average molecular weight is 293 g/mol. The number of aryl methyl sites for hydroxylation is 1. The van der Waals surface area contributed by atoms with Gasteiger partial charge in [-0.05, 0) is 37.7 Å². The largest absolute Gasteiger partial charge is 0.302 e. The molecule has 0 heterocycles. The smallest absolute Gasteiger partial charge is 0.269 e. The van der Waals surface area contributed by atoms with E-state index in [2.05, 4.69) is 16.2 Å². The van der Waals surface area contributed by atoms with Gasteiger partial charge in [0.15, 0.2) is 5.11 Å². The van der Waals surface area contributed by atoms with Crippen LogP contribution in [0.25, 0.3) is 0 Å². The van der Waals surface area contributed by atoms with Crippen molar-refractivity contribution in [2.75, 3.05) is 0 Å². The Bertz CT molecular complexity index is 486. The van der Waals surface area contributed by atoms with Crippen molar-refractivity contribution >= 4 is 29.1 Å². The average Bonchev–Trinajstić information content (AvgIpc) is 2.43. The zero-order valence-electron chi connectivity index (χ0n) is 11.7. The molecule has 1 aromatic carbocycles. The number of hydrazine groups is 1. The minimum Gasteiger partial charge on any atom is -0.302 e. The molecule has 6 heteroatoms. The van der Waals surface area contributed by atoms with E-state index in [0.717, 1.165) is 18.4 Å². The molecule has 1 aromatic rings. The van der Waals surface area contributed by atoms with E-state index in [1.165, 1.54) is 0 Å². The molecule has 20 heavy (non-hydrogen) atoms. The Balaban J connectivity index is 2.35. The fourth-order valence-corrected chi connectivity index (χ4v) is 1.61. The monoisotopic (exact) mass is 293 g/mol. The minimum absolute atomic E-state index is 0.0894. The van der Waals surface area contributed by atoms with Gasteiger partial charge >= 0.3 is 0 Å². The number of nitrogens with one attached hydrogen (secondary N) is 3. The lowest BCUT2D eigenvalue weighted by Gasteiger charge is -2.10. The van der Waals surface area contributed by atoms with Crippen molar-refractivity contribution in [1.29, 1.82) is 0 Å². The number of carbonyl (C=O) groups excluding carboxylic acids is 2. The van der Waals surface area contributed by atoms with Crippen LogP contribution in [0.4, 0.5) is 0 Å². The number of benzene rings is 1. The van der Waals surface area contributed by atoms with E-state index in [1.807, 2.05) is 26.0 Å². The summed E-state index contributed by atoms with van der Waals surface area (Å²) in [7, 11) is 0. The lowest BCUT2D eigenvalue weighted by atomic mass is 10.1. The highest BCUT2D eigenvalue weighted by Gasteiger charge is 2.07. The van der Waals surface area contributed by atoms with Crippen molar-refractivity contribution in [3.8, 4) is 0 Å². The number of carbonyl (C=O) groups is 2. The summed E-state index contributed by atoms with van der Waals surface area (Å²) in [5, 5.41) is 2.59. The van der Waals surface area contributed by atoms with Crippen LogP contribution >= 0.6 is 12.2 Å². The van der Waals surface area contributed by atoms with Crippen molar-refractivity contribution in [2.45, 2.75) is 33.1 Å². The summed E-state index contributed by atoms with van der Waals surface area (Å²) in [5.41, 5.74) is 6.53. The van der Waals surface area contributed by atoms with E-state index in [1.54, 1.807) is 12.1 Å². The maximum atomic E-state index is 11.8. The normalized spacial score (nSPS) is 9.70. The molecular weight excluding hydrogens is 274 g/mol. The predicted molar refractivity (Wildman–Crippen MR) is 82.0 cm³/mol. The summed E-state index contributed by atoms with van der Waals surface area (Å²) in [6, 6.07) is 7.13. The Hall–Kier alpha value is -1.95. The summed E-state index contributed by atoms with van der Waals surface area (Å²) >= 11 is 4.91. The van der Waals surface area contributed by atoms with Crippen LogP contribution in [0.2, 0.25) is 0 Å². The third kappa shape index (κ3) is 5.79. The van der Waals surface area contributed by atoms with Crippen LogP contribution in [0, 0.1) is 6.92 Å². The minimum atomic E-state index is -0.310. The van der Waals surface area contributed by atoms with Crippen LogP contribution in [0.1, 0.15) is 42.1 Å². The lowest BCUT2D eigenvalue weighted by molar-refractivity contribution is -0.119. The molecule has 2 amide bonds. The van der Waals surface area contributed by atoms with Crippen LogP contribution in [0.5, 0.6) is 0 Å². The predicted octanol–water partition coefficient (Wildman–Crippen LogP) is 1.82. The van der Waals surface area contributed by atoms with Crippen LogP contribution < -0.4 is 16.2 Å². The van der Waals surface area contributed by atoms with Gasteiger partial charge in [-0.1, -0.05) is 31.0 Å². The molecule has 108 valence electrons. The number of amides is 2. The van der Waals surface area contributed by atoms with Gasteiger partial charge in [-0.2, -0.15) is 0 Å². The second-order valence-electron chi connectivity index (χ2n) is 4.43. The van der Waals surface area contributed by atoms with Crippen LogP contribution in [0.15, 0.2) is 24.3 Å². The van der Waals surface area contributed by atoms with Crippen molar-refractivity contribution in [3.05, 3.63) is 35.4 Å². The van der Waals surface area contributed by atoms with E-state index in [9.17, 15) is 9.59 Å². The van der Waals surface area contributed by atoms with Gasteiger partial charge in [-0.25, -0.2) is 0 Å². The molecule has 5 nitrogen and oxygen atoms in total. The molecular formula is C14H19N3O2S. The topological polar surface area (TPSA) is 70.2 Å². The SMILES string of the molecule is CCCCC(=O)NC(=S)NNC(=O)c1ccc(C)cc1. The molecule has 0 unspecified atom stereocenters. The number of rotatable bonds is 4. The van der Waals surface area contributed by atoms with E-state index in [-0.39, 0.29) is 16.9 Å². The summed E-state index contributed by atoms with van der Waals surface area (Å²) < 4.78 is 0. The summed E-state index contributed by atoms with van der Waals surface area (Å²) in [6.07, 6.45) is 2.17. The van der Waals surface area contributed by atoms with Gasteiger partial charge in [0.1, 0.15) is 0 Å². The Kier molecular flexibility index (Phi) is 6.66. The molecule has 3 N–H and O–H groups in total. The second-order valence-corrected chi connectivity index (χ2v) is 4.83. The number of hydrogen-bond donors (Lipinski definition) is 3. The molecule has 0 bridgehead atoms. The summed E-state index contributed by atoms with van der Waals surface area (Å²) in [6.45, 7) is 3.95. The van der Waals surface area contributed by atoms with Gasteiger partial charge in [0.25, 0.3) is 5.91 Å². The third-order valence-electron chi connectivity index (χ3n) is 2.61. The van der Waals surface area contributed by atoms with Crippen molar-refractivity contribution < 1.29 is 9.59 Å². The number of hydrogen-bond acceptors (Lipinski definition) is 3. The maximum absolute atomic E-state index is 11.8. The van der Waals surface area contributed by atoms with E-state index < -0.39 is 0 Å². The molecule has 0 atom stereocenters. The van der Waals surface area contributed by atoms with Gasteiger partial charge in [0, 0.05) is 12.0 Å². The van der Waals surface area contributed by atoms with Gasteiger partial charge in [0.05, 0.1) is 0 Å². The first-order valence-electron chi connectivity index (χ1n) is 6.49. The lowest BCUT2D eigenvalue weighted by Crippen LogP contribution is -2.48. The highest BCUT2D eigenvalue weighted by molar-refractivity contribution is 7.80. The number of unbranched alkanes of at least 4 members (excludes halogenated alkanes) is 1. The van der Waals surface area contributed by atoms with Crippen molar-refractivity contribution in [2.24, 2.45) is 0 Å². The van der Waals surface area contributed by atoms with Crippen molar-refractivity contribution in [1.82, 2.24) is 16.2 Å². The Morgan fingerprint density at radius 2 is 1.80 bits per heavy atom. The van der Waals surface area contributed by atoms with E-state index in [0.29, 0.717) is 12.0 Å². The number of thiocarbonyl (C=S) groups is 1. The van der Waals surface area contributed by atoms with Crippen LogP contribution in [-0.2, 0) is 4.79 Å². The fraction of sp³-hybridized carbons (Fsp3) is 0.357. The molecule has 0 spiro atoms. The standard InChI is InChI=1S/C14H19N3O2S/c1-3-4-5-12(18)15-14(20)17-16-13(19)11-8-6-10(2)7-9-11/h6-9H,3-5H2,1-2H3,(H,16,19)(H2,15,17,18,20). The second kappa shape index (κ2) is 8.27. The quantitative estimate of drug-likeness (QED) is 0.585. The zero-order chi connectivity index (χ0) is 15.0. The maximum Gasteiger partial charge on any atom is 0.269 e. The molecule has 0 fully saturated rings. The highest BCUT2D eigenvalue weighted by atomic mass is 32.1. The van der Waals surface area contributed by atoms with E-state index in [4.69, 9.17) is 12.2 Å². The Labute approximate surface area is 124 Å². The fourth-order valence-electron chi connectivity index (χ4n) is 1.45. The summed E-state index contributed by atoms with van der Waals surface area (Å²) in [4.78, 5) is 23.2. The van der Waals surface area contributed by atoms with Crippen LogP contribution in [0.3, 0.4) is 0 Å². The van der Waals surface area contributed by atoms with Gasteiger partial charge in [-0.15, -0.1) is 0 Å². The molecule has 0 saturated carbocycles. The molecule has 0 aliphatic rings. The molecule has 0 aromatic heterocycles. The summed E-state index contributed by atoms with van der Waals surface area (Å²) in [5.74, 6) is -0.468. The first-order chi connectivity index (χ1) is 9.52. The Morgan fingerprint density at radius 1 is 1.15 bits per heavy atom. The molecule has 0 radical (unpaired) electrons. The van der Waals surface area contributed by atoms with Crippen LogP contribution in [-0.4, -0.2) is 16.9 Å².